The number of nitrogens with zero attached hydrogens (tertiary/aromatic N) is 1. The van der Waals surface area contributed by atoms with E-state index in [1.54, 1.807) is 26.2 Å². The van der Waals surface area contributed by atoms with E-state index in [1.165, 1.54) is 79.4 Å². The van der Waals surface area contributed by atoms with Crippen LogP contribution in [0.1, 0.15) is 113 Å². The van der Waals surface area contributed by atoms with Gasteiger partial charge in [-0.3, -0.25) is 14.5 Å². The number of aryl methyl sites for hydroxylation is 4. The molecule has 2 amide bonds. The number of carbonyl (C=O) groups is 2. The van der Waals surface area contributed by atoms with Gasteiger partial charge in [0.15, 0.2) is 8.07 Å². The fraction of sp³-hybridized carbons (Fsp3) is 0.429. The van der Waals surface area contributed by atoms with Gasteiger partial charge < -0.3 is 0 Å². The molecule has 4 aromatic heterocycles. The maximum absolute atomic E-state index is 14.1. The number of fused-ring (bicyclic) bond motifs is 4. The van der Waals surface area contributed by atoms with Gasteiger partial charge in [-0.25, -0.2) is 0 Å². The van der Waals surface area contributed by atoms with Gasteiger partial charge >= 0.3 is 0 Å². The van der Waals surface area contributed by atoms with Crippen molar-refractivity contribution < 1.29 is 9.59 Å². The second-order valence-electron chi connectivity index (χ2n) is 14.3. The first kappa shape index (κ1) is 35.8. The van der Waals surface area contributed by atoms with Crippen molar-refractivity contribution in [3.05, 3.63) is 85.9 Å². The Hall–Kier alpha value is -2.62. The van der Waals surface area contributed by atoms with E-state index in [-0.39, 0.29) is 11.8 Å². The molecule has 6 heterocycles. The van der Waals surface area contributed by atoms with E-state index in [0.717, 1.165) is 35.4 Å². The number of hydrogen-bond donors (Lipinski definition) is 0. The van der Waals surface area contributed by atoms with Crippen LogP contribution in [0.2, 0.25) is 6.04 Å². The van der Waals surface area contributed by atoms with Gasteiger partial charge in [-0.1, -0.05) is 89.3 Å². The molecule has 5 aromatic rings. The highest BCUT2D eigenvalue weighted by Crippen LogP contribution is 2.49. The summed E-state index contributed by atoms with van der Waals surface area (Å²) in [5.74, 6) is 0.486. The first-order chi connectivity index (χ1) is 24.3. The molecule has 0 aliphatic carbocycles. The molecule has 2 unspecified atom stereocenters. The van der Waals surface area contributed by atoms with Gasteiger partial charge in [0, 0.05) is 40.3 Å². The second kappa shape index (κ2) is 15.2. The molecule has 0 bridgehead atoms. The standard InChI is InChI=1S/C42H49NO2S4Si/c1-6-9-16-29(8-3)26-50(35-22-21-31(48-35)20-10-7-2)33-24-27(4)46-39(33)40-34(50)25-32(49-40)38-37-36(28(5)47-38)41(44)43(42(37)45)23-15-14-19-30-17-12-11-13-18-30/h11-13,17-18,21-22,24-25,29H,6-10,14-16,19-20,23,26H2,1-5H3. The summed E-state index contributed by atoms with van der Waals surface area (Å²) in [5.41, 5.74) is 2.60. The van der Waals surface area contributed by atoms with E-state index in [4.69, 9.17) is 0 Å². The first-order valence-electron chi connectivity index (χ1n) is 18.7. The molecular weight excluding hydrogens is 707 g/mol. The van der Waals surface area contributed by atoms with Crippen LogP contribution in [-0.4, -0.2) is 31.3 Å². The third-order valence-corrected chi connectivity index (χ3v) is 22.0. The molecule has 3 nitrogen and oxygen atoms in total. The van der Waals surface area contributed by atoms with Crippen LogP contribution in [0.4, 0.5) is 0 Å². The average Bonchev–Trinajstić information content (AvgIpc) is 3.96. The number of hydrogen-bond acceptors (Lipinski definition) is 6. The molecule has 2 aliphatic rings. The molecule has 8 heteroatoms. The third-order valence-electron chi connectivity index (χ3n) is 10.9. The fourth-order valence-corrected chi connectivity index (χ4v) is 21.2. The number of amides is 2. The van der Waals surface area contributed by atoms with Gasteiger partial charge in [0.1, 0.15) is 0 Å². The molecule has 0 fully saturated rings. The van der Waals surface area contributed by atoms with Crippen LogP contribution in [-0.2, 0) is 12.8 Å². The van der Waals surface area contributed by atoms with E-state index in [0.29, 0.717) is 23.6 Å². The Morgan fingerprint density at radius 2 is 1.46 bits per heavy atom. The monoisotopic (exact) mass is 755 g/mol. The number of benzene rings is 1. The summed E-state index contributed by atoms with van der Waals surface area (Å²) < 4.78 is 1.61. The Morgan fingerprint density at radius 1 is 0.720 bits per heavy atom. The zero-order valence-electron chi connectivity index (χ0n) is 30.2. The zero-order chi connectivity index (χ0) is 35.0. The highest BCUT2D eigenvalue weighted by atomic mass is 32.1. The van der Waals surface area contributed by atoms with Crippen molar-refractivity contribution in [1.29, 1.82) is 0 Å². The average molecular weight is 756 g/mol. The van der Waals surface area contributed by atoms with Crippen molar-refractivity contribution >= 4 is 80.1 Å². The Morgan fingerprint density at radius 3 is 2.22 bits per heavy atom. The van der Waals surface area contributed by atoms with Crippen LogP contribution in [0.3, 0.4) is 0 Å². The largest absolute Gasteiger partial charge is 0.274 e. The highest BCUT2D eigenvalue weighted by Gasteiger charge is 2.52. The van der Waals surface area contributed by atoms with E-state index in [9.17, 15) is 9.59 Å². The van der Waals surface area contributed by atoms with Gasteiger partial charge in [-0.05, 0) is 92.0 Å². The molecule has 0 radical (unpaired) electrons. The number of rotatable bonds is 16. The normalized spacial score (nSPS) is 17.1. The lowest BCUT2D eigenvalue weighted by molar-refractivity contribution is 0.0652. The summed E-state index contributed by atoms with van der Waals surface area (Å²) >= 11 is 7.58. The number of imide groups is 1. The third kappa shape index (κ3) is 6.38. The highest BCUT2D eigenvalue weighted by molar-refractivity contribution is 7.39. The molecule has 1 aromatic carbocycles. The minimum absolute atomic E-state index is 0.0989. The van der Waals surface area contributed by atoms with E-state index in [2.05, 4.69) is 87.6 Å². The van der Waals surface area contributed by atoms with Crippen LogP contribution >= 0.6 is 45.3 Å². The Labute approximate surface area is 315 Å². The molecule has 0 N–H and O–H groups in total. The molecule has 7 rings (SSSR count). The topological polar surface area (TPSA) is 37.4 Å². The molecule has 0 spiro atoms. The molecule has 2 aliphatic heterocycles. The van der Waals surface area contributed by atoms with Crippen LogP contribution in [0.5, 0.6) is 0 Å². The summed E-state index contributed by atoms with van der Waals surface area (Å²) in [6.45, 7) is 11.8. The van der Waals surface area contributed by atoms with Crippen molar-refractivity contribution in [3.8, 4) is 19.5 Å². The van der Waals surface area contributed by atoms with Gasteiger partial charge in [0.25, 0.3) is 11.8 Å². The van der Waals surface area contributed by atoms with Gasteiger partial charge in [0.2, 0.25) is 0 Å². The van der Waals surface area contributed by atoms with Crippen LogP contribution in [0.25, 0.3) is 19.5 Å². The first-order valence-corrected chi connectivity index (χ1v) is 24.2. The molecule has 2 atom stereocenters. The number of unbranched alkanes of at least 4 members (excludes halogenated alkanes) is 3. The SMILES string of the molecule is CCCCc1ccc([Si]2(CC(CC)CCCC)c3cc(C)sc3-c3sc(-c4sc(C)c5c4C(=O)N(CCCCc4ccccc4)C5=O)cc32)s1. The smallest absolute Gasteiger partial charge is 0.263 e. The fourth-order valence-electron chi connectivity index (χ4n) is 8.18. The zero-order valence-corrected chi connectivity index (χ0v) is 34.4. The summed E-state index contributed by atoms with van der Waals surface area (Å²) in [6, 6.07) is 21.7. The Bertz CT molecular complexity index is 2000. The van der Waals surface area contributed by atoms with Crippen molar-refractivity contribution in [2.24, 2.45) is 5.92 Å². The van der Waals surface area contributed by atoms with Crippen LogP contribution in [0, 0.1) is 19.8 Å². The molecular formula is C42H49NO2S4Si. The van der Waals surface area contributed by atoms with Gasteiger partial charge in [-0.2, -0.15) is 0 Å². The van der Waals surface area contributed by atoms with Crippen molar-refractivity contribution in [1.82, 2.24) is 4.90 Å². The predicted molar refractivity (Wildman–Crippen MR) is 221 cm³/mol. The van der Waals surface area contributed by atoms with Crippen LogP contribution < -0.4 is 14.9 Å². The minimum Gasteiger partial charge on any atom is -0.274 e. The maximum Gasteiger partial charge on any atom is 0.263 e. The lowest BCUT2D eigenvalue weighted by atomic mass is 10.0. The lowest BCUT2D eigenvalue weighted by Crippen LogP contribution is -2.64. The summed E-state index contributed by atoms with van der Waals surface area (Å²) in [5, 5.41) is 3.19. The summed E-state index contributed by atoms with van der Waals surface area (Å²) in [6.07, 6.45) is 11.4. The van der Waals surface area contributed by atoms with Gasteiger partial charge in [0.05, 0.1) is 16.0 Å². The van der Waals surface area contributed by atoms with E-state index < -0.39 is 8.07 Å². The van der Waals surface area contributed by atoms with Crippen molar-refractivity contribution in [2.45, 2.75) is 105 Å². The summed E-state index contributed by atoms with van der Waals surface area (Å²) in [7, 11) is -2.32. The minimum atomic E-state index is -2.32. The Kier molecular flexibility index (Phi) is 10.8. The Balaban J connectivity index is 1.26. The summed E-state index contributed by atoms with van der Waals surface area (Å²) in [4.78, 5) is 38.4. The molecule has 262 valence electrons. The predicted octanol–water partition coefficient (Wildman–Crippen LogP) is 10.8. The van der Waals surface area contributed by atoms with E-state index >= 15 is 0 Å². The number of carbonyl (C=O) groups excluding carboxylic acids is 2. The lowest BCUT2D eigenvalue weighted by Gasteiger charge is -2.32. The van der Waals surface area contributed by atoms with Crippen molar-refractivity contribution in [3.63, 3.8) is 0 Å². The molecule has 0 saturated heterocycles. The maximum atomic E-state index is 14.1. The molecule has 50 heavy (non-hydrogen) atoms. The van der Waals surface area contributed by atoms with Crippen LogP contribution in [0.15, 0.2) is 54.6 Å². The number of thiophene rings is 4. The second-order valence-corrected chi connectivity index (χ2v) is 23.2. The van der Waals surface area contributed by atoms with Gasteiger partial charge in [-0.15, -0.1) is 45.3 Å². The van der Waals surface area contributed by atoms with E-state index in [1.807, 2.05) is 35.7 Å². The quantitative estimate of drug-likeness (QED) is 0.0571. The van der Waals surface area contributed by atoms with Crippen molar-refractivity contribution in [2.75, 3.05) is 6.54 Å². The molecule has 0 saturated carbocycles.